The number of carbonyl (C=O) groups is 2. The molecule has 4 heteroatoms. The largest absolute Gasteiger partial charge is 0.465 e. The maximum absolute atomic E-state index is 11.6. The monoisotopic (exact) mass is 269 g/mol. The van der Waals surface area contributed by atoms with Gasteiger partial charge in [0.2, 0.25) is 6.41 Å². The molecule has 1 saturated carbocycles. The minimum absolute atomic E-state index is 0.0923. The quantitative estimate of drug-likeness (QED) is 0.527. The van der Waals surface area contributed by atoms with E-state index < -0.39 is 0 Å². The molecule has 0 spiro atoms. The molecule has 2 unspecified atom stereocenters. The van der Waals surface area contributed by atoms with Crippen LogP contribution in [-0.2, 0) is 14.3 Å². The summed E-state index contributed by atoms with van der Waals surface area (Å²) in [6, 6.07) is 0.200. The lowest BCUT2D eigenvalue weighted by atomic mass is 9.74. The van der Waals surface area contributed by atoms with Crippen molar-refractivity contribution in [2.24, 2.45) is 11.8 Å². The molecule has 0 aromatic carbocycles. The van der Waals surface area contributed by atoms with E-state index in [0.717, 1.165) is 32.1 Å². The molecule has 1 fully saturated rings. The molecule has 2 atom stereocenters. The maximum Gasteiger partial charge on any atom is 0.325 e. The van der Waals surface area contributed by atoms with Crippen LogP contribution in [-0.4, -0.2) is 36.5 Å². The van der Waals surface area contributed by atoms with Gasteiger partial charge in [0.15, 0.2) is 0 Å². The molecule has 1 amide bonds. The van der Waals surface area contributed by atoms with E-state index in [1.165, 1.54) is 6.42 Å². The molecular formula is C15H27NO3. The Morgan fingerprint density at radius 1 is 1.21 bits per heavy atom. The fraction of sp³-hybridized carbons (Fsp3) is 0.867. The Morgan fingerprint density at radius 3 is 2.21 bits per heavy atom. The predicted octanol–water partition coefficient (Wildman–Crippen LogP) is 2.61. The lowest BCUT2D eigenvalue weighted by Gasteiger charge is -2.42. The average Bonchev–Trinajstić information content (AvgIpc) is 2.44. The lowest BCUT2D eigenvalue weighted by molar-refractivity contribution is -0.149. The van der Waals surface area contributed by atoms with Crippen LogP contribution in [0.3, 0.4) is 0 Å². The zero-order valence-corrected chi connectivity index (χ0v) is 12.4. The van der Waals surface area contributed by atoms with Crippen LogP contribution in [0.1, 0.15) is 52.9 Å². The van der Waals surface area contributed by atoms with Gasteiger partial charge in [0.1, 0.15) is 6.54 Å². The summed E-state index contributed by atoms with van der Waals surface area (Å²) in [4.78, 5) is 24.7. The van der Waals surface area contributed by atoms with Gasteiger partial charge in [-0.15, -0.1) is 0 Å². The van der Waals surface area contributed by atoms with Crippen LogP contribution in [0.5, 0.6) is 0 Å². The summed E-state index contributed by atoms with van der Waals surface area (Å²) in [5, 5.41) is 0. The second kappa shape index (κ2) is 8.18. The molecule has 0 radical (unpaired) electrons. The molecule has 110 valence electrons. The average molecular weight is 269 g/mol. The number of rotatable bonds is 7. The predicted molar refractivity (Wildman–Crippen MR) is 74.6 cm³/mol. The number of amides is 1. The van der Waals surface area contributed by atoms with Gasteiger partial charge in [-0.3, -0.25) is 9.59 Å². The zero-order chi connectivity index (χ0) is 14.3. The van der Waals surface area contributed by atoms with Gasteiger partial charge in [-0.2, -0.15) is 0 Å². The van der Waals surface area contributed by atoms with E-state index in [1.54, 1.807) is 11.8 Å². The van der Waals surface area contributed by atoms with Crippen LogP contribution in [0, 0.1) is 11.8 Å². The van der Waals surface area contributed by atoms with Gasteiger partial charge in [0, 0.05) is 6.04 Å². The molecule has 19 heavy (non-hydrogen) atoms. The maximum atomic E-state index is 11.6. The van der Waals surface area contributed by atoms with Gasteiger partial charge >= 0.3 is 5.97 Å². The van der Waals surface area contributed by atoms with E-state index in [9.17, 15) is 9.59 Å². The van der Waals surface area contributed by atoms with Crippen molar-refractivity contribution in [2.45, 2.75) is 58.9 Å². The van der Waals surface area contributed by atoms with Crippen LogP contribution in [0.25, 0.3) is 0 Å². The van der Waals surface area contributed by atoms with Crippen molar-refractivity contribution in [3.63, 3.8) is 0 Å². The summed E-state index contributed by atoms with van der Waals surface area (Å²) in [5.74, 6) is 0.724. The summed E-state index contributed by atoms with van der Waals surface area (Å²) in [6.45, 7) is 6.58. The molecule has 0 N–H and O–H groups in total. The van der Waals surface area contributed by atoms with Crippen LogP contribution in [0.4, 0.5) is 0 Å². The van der Waals surface area contributed by atoms with Crippen LogP contribution < -0.4 is 0 Å². The van der Waals surface area contributed by atoms with Gasteiger partial charge < -0.3 is 9.64 Å². The standard InChI is InChI=1S/C15H27NO3/c1-4-12-8-7-9-13(5-2)15(12)16(11-17)10-14(18)19-6-3/h11-13,15H,4-10H2,1-3H3. The second-order valence-corrected chi connectivity index (χ2v) is 5.34. The van der Waals surface area contributed by atoms with Gasteiger partial charge in [-0.05, 0) is 31.6 Å². The first kappa shape index (κ1) is 16.0. The number of hydrogen-bond donors (Lipinski definition) is 0. The third kappa shape index (κ3) is 4.22. The summed E-state index contributed by atoms with van der Waals surface area (Å²) < 4.78 is 4.96. The molecule has 1 aliphatic rings. The molecule has 0 bridgehead atoms. The van der Waals surface area contributed by atoms with Crippen molar-refractivity contribution in [3.8, 4) is 0 Å². The molecule has 0 saturated heterocycles. The first-order chi connectivity index (χ1) is 9.17. The topological polar surface area (TPSA) is 46.6 Å². The van der Waals surface area contributed by atoms with Gasteiger partial charge in [-0.1, -0.05) is 33.1 Å². The van der Waals surface area contributed by atoms with E-state index in [1.807, 2.05) is 0 Å². The SMILES string of the molecule is CCOC(=O)CN(C=O)C1C(CC)CCCC1CC. The Kier molecular flexibility index (Phi) is 6.89. The highest BCUT2D eigenvalue weighted by Crippen LogP contribution is 2.36. The molecule has 1 aliphatic carbocycles. The van der Waals surface area contributed by atoms with Crippen molar-refractivity contribution in [3.05, 3.63) is 0 Å². The van der Waals surface area contributed by atoms with Crippen molar-refractivity contribution < 1.29 is 14.3 Å². The summed E-state index contributed by atoms with van der Waals surface area (Å²) in [5.41, 5.74) is 0. The van der Waals surface area contributed by atoms with E-state index in [-0.39, 0.29) is 18.6 Å². The van der Waals surface area contributed by atoms with Crippen LogP contribution >= 0.6 is 0 Å². The minimum atomic E-state index is -0.301. The van der Waals surface area contributed by atoms with Gasteiger partial charge in [-0.25, -0.2) is 0 Å². The van der Waals surface area contributed by atoms with E-state index in [4.69, 9.17) is 4.74 Å². The Bertz CT molecular complexity index is 281. The van der Waals surface area contributed by atoms with E-state index >= 15 is 0 Å². The Hall–Kier alpha value is -1.06. The first-order valence-corrected chi connectivity index (χ1v) is 7.54. The Labute approximate surface area is 116 Å². The van der Waals surface area contributed by atoms with Crippen molar-refractivity contribution >= 4 is 12.4 Å². The second-order valence-electron chi connectivity index (χ2n) is 5.34. The molecule has 0 aromatic heterocycles. The molecular weight excluding hydrogens is 242 g/mol. The van der Waals surface area contributed by atoms with Crippen molar-refractivity contribution in [2.75, 3.05) is 13.2 Å². The van der Waals surface area contributed by atoms with Crippen molar-refractivity contribution in [1.82, 2.24) is 4.90 Å². The Balaban J connectivity index is 2.77. The molecule has 0 aromatic rings. The Morgan fingerprint density at radius 2 is 1.79 bits per heavy atom. The summed E-state index contributed by atoms with van der Waals surface area (Å²) >= 11 is 0. The highest BCUT2D eigenvalue weighted by molar-refractivity contribution is 5.74. The minimum Gasteiger partial charge on any atom is -0.465 e. The summed E-state index contributed by atoms with van der Waals surface area (Å²) in [6.07, 6.45) is 6.51. The molecule has 4 nitrogen and oxygen atoms in total. The van der Waals surface area contributed by atoms with Gasteiger partial charge in [0.05, 0.1) is 6.61 Å². The number of carbonyl (C=O) groups excluding carboxylic acids is 2. The first-order valence-electron chi connectivity index (χ1n) is 7.54. The third-order valence-corrected chi connectivity index (χ3v) is 4.30. The van der Waals surface area contributed by atoms with Crippen LogP contribution in [0.2, 0.25) is 0 Å². The fourth-order valence-electron chi connectivity index (χ4n) is 3.37. The highest BCUT2D eigenvalue weighted by Gasteiger charge is 2.35. The van der Waals surface area contributed by atoms with Gasteiger partial charge in [0.25, 0.3) is 0 Å². The highest BCUT2D eigenvalue weighted by atomic mass is 16.5. The summed E-state index contributed by atoms with van der Waals surface area (Å²) in [7, 11) is 0. The smallest absolute Gasteiger partial charge is 0.325 e. The van der Waals surface area contributed by atoms with E-state index in [2.05, 4.69) is 13.8 Å². The number of hydrogen-bond acceptors (Lipinski definition) is 3. The molecule has 1 rings (SSSR count). The van der Waals surface area contributed by atoms with Crippen LogP contribution in [0.15, 0.2) is 0 Å². The lowest BCUT2D eigenvalue weighted by Crippen LogP contribution is -2.49. The fourth-order valence-corrected chi connectivity index (χ4v) is 3.37. The normalized spacial score (nSPS) is 26.8. The third-order valence-electron chi connectivity index (χ3n) is 4.30. The number of ether oxygens (including phenoxy) is 1. The van der Waals surface area contributed by atoms with Crippen molar-refractivity contribution in [1.29, 1.82) is 0 Å². The number of nitrogens with zero attached hydrogens (tertiary/aromatic N) is 1. The number of esters is 1. The molecule has 0 heterocycles. The zero-order valence-electron chi connectivity index (χ0n) is 12.4. The molecule has 0 aliphatic heterocycles. The van der Waals surface area contributed by atoms with E-state index in [0.29, 0.717) is 18.4 Å².